The molecule has 2 amide bonds. The van der Waals surface area contributed by atoms with Gasteiger partial charge in [-0.1, -0.05) is 30.3 Å². The number of hydrogen-bond donors (Lipinski definition) is 0. The second kappa shape index (κ2) is 10.5. The number of carbonyl (C=O) groups is 2. The molecule has 1 atom stereocenters. The predicted octanol–water partition coefficient (Wildman–Crippen LogP) is 5.29. The maximum atomic E-state index is 13.8. The van der Waals surface area contributed by atoms with Crippen LogP contribution in [0.2, 0.25) is 0 Å². The van der Waals surface area contributed by atoms with Crippen molar-refractivity contribution < 1.29 is 18.4 Å². The molecule has 3 heterocycles. The molecule has 0 aliphatic carbocycles. The molecule has 0 bridgehead atoms. The van der Waals surface area contributed by atoms with Crippen molar-refractivity contribution in [3.05, 3.63) is 71.4 Å². The van der Waals surface area contributed by atoms with E-state index in [1.165, 1.54) is 4.90 Å². The molecule has 0 N–H and O–H groups in total. The van der Waals surface area contributed by atoms with Gasteiger partial charge >= 0.3 is 0 Å². The van der Waals surface area contributed by atoms with Gasteiger partial charge in [-0.25, -0.2) is 8.78 Å². The first kappa shape index (κ1) is 26.4. The first-order valence-electron chi connectivity index (χ1n) is 13.5. The molecule has 3 aromatic rings. The van der Waals surface area contributed by atoms with E-state index in [2.05, 4.69) is 18.7 Å². The average Bonchev–Trinajstić information content (AvgIpc) is 3.31. The zero-order valence-electron chi connectivity index (χ0n) is 22.4. The number of piperidine rings is 1. The third-order valence-electron chi connectivity index (χ3n) is 8.09. The smallest absolute Gasteiger partial charge is 0.270 e. The Morgan fingerprint density at radius 3 is 2.05 bits per heavy atom. The number of likely N-dealkylation sites (tertiary alicyclic amines) is 1. The summed E-state index contributed by atoms with van der Waals surface area (Å²) in [6.45, 7) is 9.49. The van der Waals surface area contributed by atoms with E-state index in [0.29, 0.717) is 30.4 Å². The fourth-order valence-electron chi connectivity index (χ4n) is 5.65. The van der Waals surface area contributed by atoms with Gasteiger partial charge in [0.2, 0.25) is 0 Å². The van der Waals surface area contributed by atoms with Gasteiger partial charge in [0.05, 0.1) is 6.04 Å². The Hall–Kier alpha value is -3.26. The van der Waals surface area contributed by atoms with E-state index in [4.69, 9.17) is 0 Å². The largest absolute Gasteiger partial charge is 0.337 e. The third-order valence-corrected chi connectivity index (χ3v) is 8.09. The number of fused-ring (bicyclic) bond motifs is 1. The topological polar surface area (TPSA) is 48.8 Å². The van der Waals surface area contributed by atoms with E-state index < -0.39 is 5.92 Å². The molecule has 38 heavy (non-hydrogen) atoms. The van der Waals surface area contributed by atoms with Gasteiger partial charge in [-0.05, 0) is 50.6 Å². The average molecular weight is 523 g/mol. The summed E-state index contributed by atoms with van der Waals surface area (Å²) in [5.74, 6) is -2.99. The monoisotopic (exact) mass is 522 g/mol. The van der Waals surface area contributed by atoms with Gasteiger partial charge in [-0.2, -0.15) is 0 Å². The number of benzene rings is 2. The van der Waals surface area contributed by atoms with Gasteiger partial charge in [0.1, 0.15) is 5.69 Å². The van der Waals surface area contributed by atoms with Crippen LogP contribution in [-0.2, 0) is 0 Å². The summed E-state index contributed by atoms with van der Waals surface area (Å²) in [7, 11) is 0. The second-order valence-electron chi connectivity index (χ2n) is 10.8. The summed E-state index contributed by atoms with van der Waals surface area (Å²) in [4.78, 5) is 32.8. The van der Waals surface area contributed by atoms with Crippen LogP contribution in [-0.4, -0.2) is 82.3 Å². The van der Waals surface area contributed by atoms with Gasteiger partial charge < -0.3 is 14.4 Å². The number of halogens is 2. The summed E-state index contributed by atoms with van der Waals surface area (Å²) in [6.07, 6.45) is -0.647. The Kier molecular flexibility index (Phi) is 7.27. The molecule has 1 aromatic heterocycles. The Balaban J connectivity index is 1.48. The Bertz CT molecular complexity index is 1300. The highest BCUT2D eigenvalue weighted by Crippen LogP contribution is 2.32. The third kappa shape index (κ3) is 5.19. The van der Waals surface area contributed by atoms with Crippen LogP contribution < -0.4 is 0 Å². The minimum absolute atomic E-state index is 0.00898. The fourth-order valence-corrected chi connectivity index (χ4v) is 5.65. The number of piperazine rings is 1. The van der Waals surface area contributed by atoms with Gasteiger partial charge in [0.25, 0.3) is 17.7 Å². The van der Waals surface area contributed by atoms with E-state index in [9.17, 15) is 18.4 Å². The molecule has 2 aromatic carbocycles. The van der Waals surface area contributed by atoms with Crippen LogP contribution in [0.25, 0.3) is 10.9 Å². The number of alkyl halides is 2. The lowest BCUT2D eigenvalue weighted by Gasteiger charge is -2.37. The zero-order chi connectivity index (χ0) is 27.0. The molecule has 202 valence electrons. The van der Waals surface area contributed by atoms with E-state index in [1.807, 2.05) is 71.0 Å². The van der Waals surface area contributed by atoms with Crippen molar-refractivity contribution in [2.24, 2.45) is 0 Å². The molecule has 2 aliphatic rings. The molecule has 2 saturated heterocycles. The Morgan fingerprint density at radius 2 is 1.42 bits per heavy atom. The SMILES string of the molecule is CC(C)N1CCN(C(=O)c2ccc3c(c2)cc(C(=O)N2CCC(F)(F)CC2)n3C(C)c2ccccc2)CC1. The van der Waals surface area contributed by atoms with E-state index in [-0.39, 0.29) is 43.8 Å². The van der Waals surface area contributed by atoms with Crippen LogP contribution >= 0.6 is 0 Å². The van der Waals surface area contributed by atoms with Crippen LogP contribution in [0.15, 0.2) is 54.6 Å². The lowest BCUT2D eigenvalue weighted by molar-refractivity contribution is -0.0495. The highest BCUT2D eigenvalue weighted by Gasteiger charge is 2.37. The van der Waals surface area contributed by atoms with Gasteiger partial charge in [0, 0.05) is 74.6 Å². The zero-order valence-corrected chi connectivity index (χ0v) is 22.4. The Labute approximate surface area is 222 Å². The lowest BCUT2D eigenvalue weighted by atomic mass is 10.1. The van der Waals surface area contributed by atoms with E-state index in [0.717, 1.165) is 29.6 Å². The van der Waals surface area contributed by atoms with Crippen LogP contribution in [0.5, 0.6) is 0 Å². The molecule has 0 spiro atoms. The maximum Gasteiger partial charge on any atom is 0.270 e. The van der Waals surface area contributed by atoms with E-state index in [1.54, 1.807) is 0 Å². The van der Waals surface area contributed by atoms with Crippen molar-refractivity contribution in [2.45, 2.75) is 51.6 Å². The lowest BCUT2D eigenvalue weighted by Crippen LogP contribution is -2.50. The van der Waals surface area contributed by atoms with Crippen LogP contribution in [0.3, 0.4) is 0 Å². The molecule has 5 rings (SSSR count). The first-order chi connectivity index (χ1) is 18.1. The van der Waals surface area contributed by atoms with Crippen LogP contribution in [0.4, 0.5) is 8.78 Å². The molecule has 2 fully saturated rings. The fraction of sp³-hybridized carbons (Fsp3) is 0.467. The summed E-state index contributed by atoms with van der Waals surface area (Å²) >= 11 is 0. The molecule has 1 unspecified atom stereocenters. The van der Waals surface area contributed by atoms with E-state index >= 15 is 0 Å². The van der Waals surface area contributed by atoms with Crippen molar-refractivity contribution in [1.82, 2.24) is 19.3 Å². The summed E-state index contributed by atoms with van der Waals surface area (Å²) < 4.78 is 29.6. The minimum atomic E-state index is -2.73. The van der Waals surface area contributed by atoms with Gasteiger partial charge in [-0.3, -0.25) is 14.5 Å². The van der Waals surface area contributed by atoms with Crippen molar-refractivity contribution >= 4 is 22.7 Å². The van der Waals surface area contributed by atoms with Gasteiger partial charge in [-0.15, -0.1) is 0 Å². The van der Waals surface area contributed by atoms with Crippen LogP contribution in [0.1, 0.15) is 66.1 Å². The number of carbonyl (C=O) groups excluding carboxylic acids is 2. The van der Waals surface area contributed by atoms with Crippen molar-refractivity contribution in [3.8, 4) is 0 Å². The molecule has 6 nitrogen and oxygen atoms in total. The molecule has 8 heteroatoms. The second-order valence-corrected chi connectivity index (χ2v) is 10.8. The number of amides is 2. The summed E-state index contributed by atoms with van der Waals surface area (Å²) in [5.41, 5.74) is 2.92. The standard InChI is InChI=1S/C30H36F2N4O2/c1-21(2)33-15-17-35(18-16-33)28(37)24-9-10-26-25(19-24)20-27(29(38)34-13-11-30(31,32)12-14-34)36(26)22(3)23-7-5-4-6-8-23/h4-10,19-22H,11-18H2,1-3H3. The molecular formula is C30H36F2N4O2. The number of hydrogen-bond acceptors (Lipinski definition) is 3. The highest BCUT2D eigenvalue weighted by atomic mass is 19.3. The van der Waals surface area contributed by atoms with Crippen molar-refractivity contribution in [2.75, 3.05) is 39.3 Å². The van der Waals surface area contributed by atoms with Crippen molar-refractivity contribution in [1.29, 1.82) is 0 Å². The highest BCUT2D eigenvalue weighted by molar-refractivity contribution is 6.02. The summed E-state index contributed by atoms with van der Waals surface area (Å²) in [6, 6.07) is 17.6. The predicted molar refractivity (Wildman–Crippen MR) is 145 cm³/mol. The molecule has 0 radical (unpaired) electrons. The maximum absolute atomic E-state index is 13.8. The quantitative estimate of drug-likeness (QED) is 0.458. The van der Waals surface area contributed by atoms with Crippen molar-refractivity contribution in [3.63, 3.8) is 0 Å². The molecular weight excluding hydrogens is 486 g/mol. The normalized spacial score (nSPS) is 19.2. The molecule has 0 saturated carbocycles. The molecule has 2 aliphatic heterocycles. The number of aromatic nitrogens is 1. The number of nitrogens with zero attached hydrogens (tertiary/aromatic N) is 4. The Morgan fingerprint density at radius 1 is 0.789 bits per heavy atom. The minimum Gasteiger partial charge on any atom is -0.337 e. The number of rotatable bonds is 5. The van der Waals surface area contributed by atoms with Crippen LogP contribution in [0, 0.1) is 0 Å². The first-order valence-corrected chi connectivity index (χ1v) is 13.5. The van der Waals surface area contributed by atoms with Gasteiger partial charge in [0.15, 0.2) is 0 Å². The summed E-state index contributed by atoms with van der Waals surface area (Å²) in [5, 5.41) is 0.796.